The number of aliphatic carboxylic acids is 1. The molecule has 2 heterocycles. The van der Waals surface area contributed by atoms with Crippen LogP contribution in [-0.4, -0.2) is 23.3 Å². The molecule has 6 heteroatoms. The van der Waals surface area contributed by atoms with E-state index in [4.69, 9.17) is 4.74 Å². The van der Waals surface area contributed by atoms with Crippen LogP contribution in [0.3, 0.4) is 0 Å². The number of halogens is 1. The second kappa shape index (κ2) is 6.07. The first kappa shape index (κ1) is 16.2. The maximum absolute atomic E-state index is 11.4. The zero-order chi connectivity index (χ0) is 16.7. The van der Waals surface area contributed by atoms with Crippen LogP contribution in [0.1, 0.15) is 31.4 Å². The first-order valence-electron chi connectivity index (χ1n) is 7.78. The summed E-state index contributed by atoms with van der Waals surface area (Å²) in [4.78, 5) is 13.5. The Kier molecular flexibility index (Phi) is 4.27. The van der Waals surface area contributed by atoms with Gasteiger partial charge in [-0.3, -0.25) is 0 Å². The number of aryl methyl sites for hydroxylation is 1. The van der Waals surface area contributed by atoms with E-state index in [-0.39, 0.29) is 5.08 Å². The van der Waals surface area contributed by atoms with Gasteiger partial charge in [0.1, 0.15) is 11.4 Å². The fourth-order valence-corrected chi connectivity index (χ4v) is 4.04. The minimum atomic E-state index is -0.911. The van der Waals surface area contributed by atoms with Crippen LogP contribution in [-0.2, 0) is 17.6 Å². The lowest BCUT2D eigenvalue weighted by molar-refractivity contribution is -0.133. The van der Waals surface area contributed by atoms with Crippen LogP contribution in [0.25, 0.3) is 0 Å². The highest BCUT2D eigenvalue weighted by molar-refractivity contribution is 9.09. The van der Waals surface area contributed by atoms with Crippen molar-refractivity contribution in [2.75, 3.05) is 12.0 Å². The number of anilines is 1. The molecule has 1 atom stereocenters. The molecule has 5 nitrogen and oxygen atoms in total. The van der Waals surface area contributed by atoms with Gasteiger partial charge in [0.15, 0.2) is 5.08 Å². The smallest absolute Gasteiger partial charge is 0.353 e. The van der Waals surface area contributed by atoms with Crippen molar-refractivity contribution in [3.63, 3.8) is 0 Å². The quantitative estimate of drug-likeness (QED) is 0.620. The Balaban J connectivity index is 2.09. The number of nitrogens with one attached hydrogen (secondary N) is 1. The minimum Gasteiger partial charge on any atom is -0.496 e. The molecule has 0 aromatic heterocycles. The van der Waals surface area contributed by atoms with Gasteiger partial charge in [0.05, 0.1) is 12.8 Å². The van der Waals surface area contributed by atoms with Gasteiger partial charge in [-0.2, -0.15) is 0 Å². The normalized spacial score (nSPS) is 19.5. The number of methoxy groups -OCH3 is 1. The van der Waals surface area contributed by atoms with Crippen molar-refractivity contribution in [1.29, 1.82) is 0 Å². The molecular formula is C17H21BrN2O3. The van der Waals surface area contributed by atoms with Crippen LogP contribution in [0.15, 0.2) is 23.5 Å². The summed E-state index contributed by atoms with van der Waals surface area (Å²) < 4.78 is 5.56. The molecule has 0 spiro atoms. The molecule has 1 aromatic rings. The molecular weight excluding hydrogens is 360 g/mol. The van der Waals surface area contributed by atoms with Gasteiger partial charge in [0.25, 0.3) is 0 Å². The van der Waals surface area contributed by atoms with Crippen molar-refractivity contribution in [2.24, 2.45) is 5.92 Å². The van der Waals surface area contributed by atoms with Crippen LogP contribution in [0.4, 0.5) is 5.69 Å². The van der Waals surface area contributed by atoms with Crippen molar-refractivity contribution in [1.82, 2.24) is 5.32 Å². The SMILES string of the molecule is COc1cc2c(cc1CC(C)C)N1C(=C(C(=O)O)NC1Br)CC2. The third-order valence-corrected chi connectivity index (χ3v) is 4.92. The van der Waals surface area contributed by atoms with E-state index in [9.17, 15) is 9.90 Å². The molecule has 2 aliphatic rings. The molecule has 3 rings (SSSR count). The number of carboxylic acids is 1. The average Bonchev–Trinajstić information content (AvgIpc) is 2.83. The Morgan fingerprint density at radius 3 is 2.83 bits per heavy atom. The Labute approximate surface area is 144 Å². The van der Waals surface area contributed by atoms with Gasteiger partial charge in [-0.1, -0.05) is 13.8 Å². The molecule has 0 bridgehead atoms. The van der Waals surface area contributed by atoms with Crippen LogP contribution >= 0.6 is 15.9 Å². The molecule has 124 valence electrons. The number of fused-ring (bicyclic) bond motifs is 3. The summed E-state index contributed by atoms with van der Waals surface area (Å²) in [5.41, 5.74) is 4.54. The second-order valence-electron chi connectivity index (χ2n) is 6.37. The Hall–Kier alpha value is -1.69. The summed E-state index contributed by atoms with van der Waals surface area (Å²) in [6, 6.07) is 4.25. The number of carboxylic acid groups (broad SMARTS) is 1. The van der Waals surface area contributed by atoms with E-state index >= 15 is 0 Å². The molecule has 0 saturated carbocycles. The molecule has 2 N–H and O–H groups in total. The third-order valence-electron chi connectivity index (χ3n) is 4.28. The predicted molar refractivity (Wildman–Crippen MR) is 92.8 cm³/mol. The summed E-state index contributed by atoms with van der Waals surface area (Å²) in [6.07, 6.45) is 2.45. The van der Waals surface area contributed by atoms with Crippen LogP contribution in [0.2, 0.25) is 0 Å². The van der Waals surface area contributed by atoms with E-state index in [0.29, 0.717) is 18.0 Å². The summed E-state index contributed by atoms with van der Waals surface area (Å²) in [6.45, 7) is 4.36. The summed E-state index contributed by atoms with van der Waals surface area (Å²) in [5.74, 6) is 0.527. The fraction of sp³-hybridized carbons (Fsp3) is 0.471. The van der Waals surface area contributed by atoms with E-state index in [1.54, 1.807) is 7.11 Å². The number of nitrogens with zero attached hydrogens (tertiary/aromatic N) is 1. The molecule has 23 heavy (non-hydrogen) atoms. The number of hydrogen-bond acceptors (Lipinski definition) is 4. The van der Waals surface area contributed by atoms with Gasteiger partial charge in [-0.25, -0.2) is 4.79 Å². The van der Waals surface area contributed by atoms with Gasteiger partial charge in [-0.05, 0) is 64.4 Å². The van der Waals surface area contributed by atoms with Crippen LogP contribution in [0.5, 0.6) is 5.75 Å². The van der Waals surface area contributed by atoms with E-state index in [0.717, 1.165) is 35.5 Å². The van der Waals surface area contributed by atoms with Crippen molar-refractivity contribution in [3.8, 4) is 5.75 Å². The fourth-order valence-electron chi connectivity index (χ4n) is 3.34. The predicted octanol–water partition coefficient (Wildman–Crippen LogP) is 3.22. The Morgan fingerprint density at radius 2 is 2.22 bits per heavy atom. The first-order valence-corrected chi connectivity index (χ1v) is 8.70. The minimum absolute atomic E-state index is 0.233. The molecule has 2 aliphatic heterocycles. The number of carbonyl (C=O) groups is 1. The van der Waals surface area contributed by atoms with E-state index < -0.39 is 5.97 Å². The standard InChI is InChI=1S/C17H21BrN2O3/c1-9(2)6-11-7-13-10(8-14(11)23-3)4-5-12-15(16(21)22)19-17(18)20(12)13/h7-9,17,19H,4-6H2,1-3H3,(H,21,22). The topological polar surface area (TPSA) is 61.8 Å². The lowest BCUT2D eigenvalue weighted by atomic mass is 9.94. The lowest BCUT2D eigenvalue weighted by Gasteiger charge is -2.33. The highest BCUT2D eigenvalue weighted by Gasteiger charge is 2.37. The van der Waals surface area contributed by atoms with E-state index in [2.05, 4.69) is 47.2 Å². The summed E-state index contributed by atoms with van der Waals surface area (Å²) in [7, 11) is 1.70. The summed E-state index contributed by atoms with van der Waals surface area (Å²) in [5, 5.41) is 12.2. The number of alkyl halides is 1. The highest BCUT2D eigenvalue weighted by atomic mass is 79.9. The number of rotatable bonds is 4. The highest BCUT2D eigenvalue weighted by Crippen LogP contribution is 2.42. The number of ether oxygens (including phenoxy) is 1. The van der Waals surface area contributed by atoms with Crippen LogP contribution in [0, 0.1) is 5.92 Å². The molecule has 0 aliphatic carbocycles. The largest absolute Gasteiger partial charge is 0.496 e. The summed E-state index contributed by atoms with van der Waals surface area (Å²) >= 11 is 3.55. The van der Waals surface area contributed by atoms with Crippen LogP contribution < -0.4 is 15.0 Å². The molecule has 0 saturated heterocycles. The monoisotopic (exact) mass is 380 g/mol. The van der Waals surface area contributed by atoms with Crippen molar-refractivity contribution >= 4 is 27.6 Å². The molecule has 1 unspecified atom stereocenters. The maximum Gasteiger partial charge on any atom is 0.353 e. The van der Waals surface area contributed by atoms with E-state index in [1.807, 2.05) is 4.90 Å². The molecule has 0 radical (unpaired) electrons. The van der Waals surface area contributed by atoms with E-state index in [1.165, 1.54) is 5.56 Å². The third kappa shape index (κ3) is 2.80. The van der Waals surface area contributed by atoms with Gasteiger partial charge in [-0.15, -0.1) is 0 Å². The second-order valence-corrected chi connectivity index (χ2v) is 7.24. The Bertz CT molecular complexity index is 685. The number of allylic oxidation sites excluding steroid dienone is 1. The van der Waals surface area contributed by atoms with Crippen molar-refractivity contribution in [3.05, 3.63) is 34.7 Å². The average molecular weight is 381 g/mol. The zero-order valence-corrected chi connectivity index (χ0v) is 15.1. The van der Waals surface area contributed by atoms with Gasteiger partial charge < -0.3 is 20.1 Å². The maximum atomic E-state index is 11.4. The number of hydrogen-bond donors (Lipinski definition) is 2. The Morgan fingerprint density at radius 1 is 1.48 bits per heavy atom. The van der Waals surface area contributed by atoms with Crippen molar-refractivity contribution in [2.45, 2.75) is 38.2 Å². The molecule has 0 amide bonds. The molecule has 0 fully saturated rings. The lowest BCUT2D eigenvalue weighted by Crippen LogP contribution is -2.34. The zero-order valence-electron chi connectivity index (χ0n) is 13.5. The molecule has 1 aromatic carbocycles. The van der Waals surface area contributed by atoms with Crippen molar-refractivity contribution < 1.29 is 14.6 Å². The van der Waals surface area contributed by atoms with Gasteiger partial charge in [0, 0.05) is 5.69 Å². The number of benzene rings is 1. The first-order chi connectivity index (χ1) is 10.9. The van der Waals surface area contributed by atoms with Gasteiger partial charge in [0.2, 0.25) is 0 Å². The van der Waals surface area contributed by atoms with Gasteiger partial charge >= 0.3 is 5.97 Å².